The van der Waals surface area contributed by atoms with E-state index in [0.29, 0.717) is 25.9 Å². The summed E-state index contributed by atoms with van der Waals surface area (Å²) in [5.74, 6) is 0.509. The highest BCUT2D eigenvalue weighted by atomic mass is 32.2. The minimum atomic E-state index is -3.39. The number of nitrogens with zero attached hydrogens (tertiary/aromatic N) is 1. The van der Waals surface area contributed by atoms with E-state index in [0.717, 1.165) is 22.4 Å². The number of piperidine rings is 1. The molecule has 1 aliphatic rings. The molecule has 1 atom stereocenters. The second-order valence-corrected chi connectivity index (χ2v) is 9.86. The zero-order valence-electron chi connectivity index (χ0n) is 17.8. The molecular formula is C23H30N2O4S. The van der Waals surface area contributed by atoms with Gasteiger partial charge in [-0.3, -0.25) is 4.79 Å². The molecule has 1 heterocycles. The van der Waals surface area contributed by atoms with Crippen molar-refractivity contribution in [3.63, 3.8) is 0 Å². The summed E-state index contributed by atoms with van der Waals surface area (Å²) in [6.45, 7) is 4.62. The van der Waals surface area contributed by atoms with E-state index < -0.39 is 10.0 Å². The summed E-state index contributed by atoms with van der Waals surface area (Å²) in [5.41, 5.74) is 2.76. The fourth-order valence-electron chi connectivity index (χ4n) is 3.93. The van der Waals surface area contributed by atoms with Crippen LogP contribution in [-0.2, 0) is 20.6 Å². The largest absolute Gasteiger partial charge is 0.496 e. The number of amides is 1. The fourth-order valence-corrected chi connectivity index (χ4v) is 5.48. The molecular weight excluding hydrogens is 400 g/mol. The summed E-state index contributed by atoms with van der Waals surface area (Å²) in [4.78, 5) is 12.7. The number of hydrogen-bond acceptors (Lipinski definition) is 4. The Morgan fingerprint density at radius 2 is 1.87 bits per heavy atom. The van der Waals surface area contributed by atoms with Crippen LogP contribution in [0, 0.1) is 12.8 Å². The maximum Gasteiger partial charge on any atom is 0.223 e. The van der Waals surface area contributed by atoms with Gasteiger partial charge in [0.25, 0.3) is 0 Å². The number of para-hydroxylation sites is 1. The van der Waals surface area contributed by atoms with Crippen molar-refractivity contribution in [1.82, 2.24) is 9.62 Å². The first kappa shape index (κ1) is 22.3. The summed E-state index contributed by atoms with van der Waals surface area (Å²) in [5, 5.41) is 3.05. The van der Waals surface area contributed by atoms with Crippen LogP contribution in [0.15, 0.2) is 48.5 Å². The van der Waals surface area contributed by atoms with Gasteiger partial charge in [0.05, 0.1) is 18.9 Å². The van der Waals surface area contributed by atoms with Crippen molar-refractivity contribution in [3.8, 4) is 5.75 Å². The summed E-state index contributed by atoms with van der Waals surface area (Å²) >= 11 is 0. The van der Waals surface area contributed by atoms with Crippen molar-refractivity contribution >= 4 is 15.9 Å². The summed E-state index contributed by atoms with van der Waals surface area (Å²) in [6.07, 6.45) is 1.05. The van der Waals surface area contributed by atoms with E-state index in [1.54, 1.807) is 7.11 Å². The number of benzene rings is 2. The molecule has 0 saturated carbocycles. The molecule has 30 heavy (non-hydrogen) atoms. The molecule has 1 N–H and O–H groups in total. The van der Waals surface area contributed by atoms with Gasteiger partial charge in [0.2, 0.25) is 15.9 Å². The van der Waals surface area contributed by atoms with Crippen molar-refractivity contribution in [2.45, 2.75) is 38.5 Å². The highest BCUT2D eigenvalue weighted by molar-refractivity contribution is 7.88. The van der Waals surface area contributed by atoms with Gasteiger partial charge in [-0.25, -0.2) is 12.7 Å². The minimum absolute atomic E-state index is 0.00359. The van der Waals surface area contributed by atoms with Crippen LogP contribution in [0.5, 0.6) is 5.75 Å². The third-order valence-electron chi connectivity index (χ3n) is 5.61. The molecule has 0 aromatic heterocycles. The van der Waals surface area contributed by atoms with Gasteiger partial charge in [-0.15, -0.1) is 0 Å². The van der Waals surface area contributed by atoms with Crippen LogP contribution in [0.4, 0.5) is 0 Å². The summed E-state index contributed by atoms with van der Waals surface area (Å²) < 4.78 is 32.5. The molecule has 1 aliphatic heterocycles. The molecule has 7 heteroatoms. The Labute approximate surface area is 179 Å². The number of aryl methyl sites for hydroxylation is 1. The Hall–Kier alpha value is -2.38. The standard InChI is InChI=1S/C23H30N2O4S/c1-17-7-6-8-19(15-17)16-30(27,28)25-13-11-20(12-14-25)23(26)24-18(2)21-9-4-5-10-22(21)29-3/h4-10,15,18,20H,11-14,16H2,1-3H3,(H,24,26). The van der Waals surface area contributed by atoms with Crippen LogP contribution in [0.3, 0.4) is 0 Å². The van der Waals surface area contributed by atoms with Gasteiger partial charge in [-0.05, 0) is 38.3 Å². The average Bonchev–Trinajstić information content (AvgIpc) is 2.73. The quantitative estimate of drug-likeness (QED) is 0.730. The molecule has 1 amide bonds. The molecule has 0 aliphatic carbocycles. The first-order chi connectivity index (χ1) is 14.3. The molecule has 3 rings (SSSR count). The SMILES string of the molecule is COc1ccccc1C(C)NC(=O)C1CCN(S(=O)(=O)Cc2cccc(C)c2)CC1. The molecule has 0 radical (unpaired) electrons. The van der Waals surface area contributed by atoms with Crippen LogP contribution in [-0.4, -0.2) is 38.8 Å². The topological polar surface area (TPSA) is 75.7 Å². The van der Waals surface area contributed by atoms with Crippen molar-refractivity contribution < 1.29 is 17.9 Å². The van der Waals surface area contributed by atoms with Crippen molar-refractivity contribution in [2.75, 3.05) is 20.2 Å². The zero-order chi connectivity index (χ0) is 21.7. The second kappa shape index (κ2) is 9.62. The first-order valence-electron chi connectivity index (χ1n) is 10.3. The maximum atomic E-state index is 12.8. The number of nitrogens with one attached hydrogen (secondary N) is 1. The first-order valence-corrected chi connectivity index (χ1v) is 11.9. The molecule has 0 bridgehead atoms. The van der Waals surface area contributed by atoms with E-state index in [9.17, 15) is 13.2 Å². The molecule has 2 aromatic carbocycles. The number of ether oxygens (including phenoxy) is 1. The molecule has 0 spiro atoms. The van der Waals surface area contributed by atoms with Gasteiger partial charge < -0.3 is 10.1 Å². The van der Waals surface area contributed by atoms with Gasteiger partial charge in [-0.2, -0.15) is 0 Å². The van der Waals surface area contributed by atoms with Crippen LogP contribution < -0.4 is 10.1 Å². The number of carbonyl (C=O) groups excluding carboxylic acids is 1. The zero-order valence-corrected chi connectivity index (χ0v) is 18.6. The van der Waals surface area contributed by atoms with E-state index in [2.05, 4.69) is 5.32 Å². The third-order valence-corrected chi connectivity index (χ3v) is 7.46. The van der Waals surface area contributed by atoms with Gasteiger partial charge in [0, 0.05) is 24.6 Å². The van der Waals surface area contributed by atoms with Crippen LogP contribution >= 0.6 is 0 Å². The Kier molecular flexibility index (Phi) is 7.15. The lowest BCUT2D eigenvalue weighted by atomic mass is 9.96. The number of methoxy groups -OCH3 is 1. The van der Waals surface area contributed by atoms with E-state index in [-0.39, 0.29) is 23.6 Å². The van der Waals surface area contributed by atoms with Gasteiger partial charge >= 0.3 is 0 Å². The van der Waals surface area contributed by atoms with E-state index >= 15 is 0 Å². The monoisotopic (exact) mass is 430 g/mol. The molecule has 2 aromatic rings. The lowest BCUT2D eigenvalue weighted by Gasteiger charge is -2.31. The lowest BCUT2D eigenvalue weighted by molar-refractivity contribution is -0.126. The van der Waals surface area contributed by atoms with Gasteiger partial charge in [-0.1, -0.05) is 48.0 Å². The Morgan fingerprint density at radius 1 is 1.17 bits per heavy atom. The van der Waals surface area contributed by atoms with Crippen molar-refractivity contribution in [1.29, 1.82) is 0 Å². The highest BCUT2D eigenvalue weighted by Crippen LogP contribution is 2.26. The predicted octanol–water partition coefficient (Wildman–Crippen LogP) is 3.42. The van der Waals surface area contributed by atoms with E-state index in [4.69, 9.17) is 4.74 Å². The lowest BCUT2D eigenvalue weighted by Crippen LogP contribution is -2.43. The molecule has 6 nitrogen and oxygen atoms in total. The highest BCUT2D eigenvalue weighted by Gasteiger charge is 2.31. The number of hydrogen-bond donors (Lipinski definition) is 1. The smallest absolute Gasteiger partial charge is 0.223 e. The normalized spacial score (nSPS) is 16.8. The Morgan fingerprint density at radius 3 is 2.53 bits per heavy atom. The maximum absolute atomic E-state index is 12.8. The van der Waals surface area contributed by atoms with Crippen molar-refractivity contribution in [2.24, 2.45) is 5.92 Å². The van der Waals surface area contributed by atoms with Crippen LogP contribution in [0.1, 0.15) is 42.5 Å². The molecule has 1 saturated heterocycles. The number of sulfonamides is 1. The minimum Gasteiger partial charge on any atom is -0.496 e. The second-order valence-electron chi connectivity index (χ2n) is 7.89. The third kappa shape index (κ3) is 5.40. The van der Waals surface area contributed by atoms with Gasteiger partial charge in [0.1, 0.15) is 5.75 Å². The van der Waals surface area contributed by atoms with Gasteiger partial charge in [0.15, 0.2) is 0 Å². The van der Waals surface area contributed by atoms with Crippen LogP contribution in [0.2, 0.25) is 0 Å². The number of carbonyl (C=O) groups is 1. The van der Waals surface area contributed by atoms with Crippen LogP contribution in [0.25, 0.3) is 0 Å². The number of rotatable bonds is 7. The average molecular weight is 431 g/mol. The molecule has 162 valence electrons. The molecule has 1 fully saturated rings. The van der Waals surface area contributed by atoms with E-state index in [1.807, 2.05) is 62.4 Å². The van der Waals surface area contributed by atoms with Crippen molar-refractivity contribution in [3.05, 3.63) is 65.2 Å². The Bertz CT molecular complexity index is 982. The van der Waals surface area contributed by atoms with E-state index in [1.165, 1.54) is 4.31 Å². The fraction of sp³-hybridized carbons (Fsp3) is 0.435. The Balaban J connectivity index is 1.56. The molecule has 1 unspecified atom stereocenters. The predicted molar refractivity (Wildman–Crippen MR) is 118 cm³/mol. The summed E-state index contributed by atoms with van der Waals surface area (Å²) in [7, 11) is -1.78. The summed E-state index contributed by atoms with van der Waals surface area (Å²) in [6, 6.07) is 15.0.